The van der Waals surface area contributed by atoms with Gasteiger partial charge in [0.2, 0.25) is 0 Å². The summed E-state index contributed by atoms with van der Waals surface area (Å²) in [5, 5.41) is 0. The monoisotopic (exact) mass is 470 g/mol. The van der Waals surface area contributed by atoms with E-state index in [1.54, 1.807) is 6.07 Å². The van der Waals surface area contributed by atoms with Gasteiger partial charge in [-0.1, -0.05) is 18.2 Å². The number of nitrogens with zero attached hydrogens (tertiary/aromatic N) is 2. The third-order valence-electron chi connectivity index (χ3n) is 6.83. The van der Waals surface area contributed by atoms with Crippen molar-refractivity contribution in [1.29, 1.82) is 0 Å². The molecule has 0 saturated carbocycles. The molecule has 2 aromatic carbocycles. The maximum absolute atomic E-state index is 13.3. The first-order valence-corrected chi connectivity index (χ1v) is 12.1. The fourth-order valence-corrected chi connectivity index (χ4v) is 4.86. The number of rotatable bonds is 8. The third kappa shape index (κ3) is 5.55. The second-order valence-corrected chi connectivity index (χ2v) is 9.22. The highest BCUT2D eigenvalue weighted by molar-refractivity contribution is 5.70. The summed E-state index contributed by atoms with van der Waals surface area (Å²) in [5.41, 5.74) is 0. The van der Waals surface area contributed by atoms with Crippen LogP contribution in [0.2, 0.25) is 0 Å². The van der Waals surface area contributed by atoms with Gasteiger partial charge in [-0.2, -0.15) is 0 Å². The van der Waals surface area contributed by atoms with Gasteiger partial charge in [-0.3, -0.25) is 9.80 Å². The Morgan fingerprint density at radius 3 is 2.65 bits per heavy atom. The molecule has 5 rings (SSSR count). The normalized spacial score (nSPS) is 23.1. The Morgan fingerprint density at radius 2 is 1.82 bits per heavy atom. The molecule has 0 aromatic heterocycles. The summed E-state index contributed by atoms with van der Waals surface area (Å²) in [6, 6.07) is 14.0. The van der Waals surface area contributed by atoms with Crippen molar-refractivity contribution in [2.75, 3.05) is 46.0 Å². The number of amides is 1. The number of hydrogen-bond acceptors (Lipinski definition) is 6. The topological polar surface area (TPSA) is 60.5 Å². The van der Waals surface area contributed by atoms with Crippen molar-refractivity contribution in [3.05, 3.63) is 54.3 Å². The Hall–Kier alpha value is -3.00. The van der Waals surface area contributed by atoms with Gasteiger partial charge in [0.15, 0.2) is 11.5 Å². The van der Waals surface area contributed by atoms with Crippen molar-refractivity contribution in [2.45, 2.75) is 31.4 Å². The highest BCUT2D eigenvalue weighted by Crippen LogP contribution is 2.32. The first-order valence-electron chi connectivity index (χ1n) is 12.1. The summed E-state index contributed by atoms with van der Waals surface area (Å²) in [4.78, 5) is 16.5. The molecule has 0 N–H and O–H groups in total. The predicted molar refractivity (Wildman–Crippen MR) is 124 cm³/mol. The number of cyclic esters (lactones) is 1. The molecule has 8 heteroatoms. The van der Waals surface area contributed by atoms with Gasteiger partial charge in [-0.05, 0) is 62.5 Å². The number of likely N-dealkylation sites (tertiary alicyclic amines) is 1. The highest BCUT2D eigenvalue weighted by atomic mass is 19.1. The first-order chi connectivity index (χ1) is 16.6. The van der Waals surface area contributed by atoms with E-state index in [0.29, 0.717) is 43.8 Å². The minimum atomic E-state index is -0.319. The number of hydrogen-bond donors (Lipinski definition) is 0. The maximum atomic E-state index is 13.3. The molecular weight excluding hydrogens is 439 g/mol. The Kier molecular flexibility index (Phi) is 7.04. The summed E-state index contributed by atoms with van der Waals surface area (Å²) < 4.78 is 36.2. The van der Waals surface area contributed by atoms with Crippen LogP contribution in [-0.2, 0) is 4.74 Å². The van der Waals surface area contributed by atoms with Crippen LogP contribution in [0.4, 0.5) is 9.18 Å². The van der Waals surface area contributed by atoms with Gasteiger partial charge in [0.05, 0.1) is 0 Å². The van der Waals surface area contributed by atoms with E-state index in [4.69, 9.17) is 18.9 Å². The third-order valence-corrected chi connectivity index (χ3v) is 6.83. The van der Waals surface area contributed by atoms with E-state index >= 15 is 0 Å². The standard InChI is InChI=1S/C26H31FN2O5/c27-20-6-7-24-25(14-20)32-18-23(34-24)15-28-11-8-19(9-12-28)10-13-29-21(17-33-26(29)30)16-31-22-4-2-1-3-5-22/h1-7,14,19,21,23H,8-13,15-18H2/t21-,23+/m1/s1. The molecule has 0 aliphatic carbocycles. The van der Waals surface area contributed by atoms with Crippen LogP contribution in [0, 0.1) is 11.7 Å². The molecule has 34 heavy (non-hydrogen) atoms. The minimum absolute atomic E-state index is 0.0485. The smallest absolute Gasteiger partial charge is 0.410 e. The number of carbonyl (C=O) groups excluding carboxylic acids is 1. The molecular formula is C26H31FN2O5. The fraction of sp³-hybridized carbons (Fsp3) is 0.500. The lowest BCUT2D eigenvalue weighted by atomic mass is 9.93. The highest BCUT2D eigenvalue weighted by Gasteiger charge is 2.34. The molecule has 1 amide bonds. The lowest BCUT2D eigenvalue weighted by molar-refractivity contribution is 0.0462. The van der Waals surface area contributed by atoms with Gasteiger partial charge in [0.1, 0.15) is 43.5 Å². The SMILES string of the molecule is O=C1OC[C@@H](COc2ccccc2)N1CCC1CCN(C[C@H]2COc3cc(F)ccc3O2)CC1. The predicted octanol–water partition coefficient (Wildman–Crippen LogP) is 3.97. The van der Waals surface area contributed by atoms with E-state index in [0.717, 1.165) is 44.6 Å². The average Bonchev–Trinajstić information content (AvgIpc) is 3.22. The number of halogens is 1. The Bertz CT molecular complexity index is 967. The van der Waals surface area contributed by atoms with E-state index < -0.39 is 0 Å². The first kappa shape index (κ1) is 22.8. The van der Waals surface area contributed by atoms with Crippen molar-refractivity contribution in [3.8, 4) is 17.2 Å². The Morgan fingerprint density at radius 1 is 1.00 bits per heavy atom. The summed E-state index contributed by atoms with van der Waals surface area (Å²) >= 11 is 0. The van der Waals surface area contributed by atoms with Gasteiger partial charge in [-0.25, -0.2) is 9.18 Å². The van der Waals surface area contributed by atoms with Crippen molar-refractivity contribution in [2.24, 2.45) is 5.92 Å². The molecule has 0 spiro atoms. The van der Waals surface area contributed by atoms with Crippen LogP contribution in [0.25, 0.3) is 0 Å². The minimum Gasteiger partial charge on any atom is -0.491 e. The molecule has 182 valence electrons. The largest absolute Gasteiger partial charge is 0.491 e. The van der Waals surface area contributed by atoms with Gasteiger partial charge in [-0.15, -0.1) is 0 Å². The van der Waals surface area contributed by atoms with Gasteiger partial charge < -0.3 is 18.9 Å². The summed E-state index contributed by atoms with van der Waals surface area (Å²) in [7, 11) is 0. The van der Waals surface area contributed by atoms with Gasteiger partial charge in [0, 0.05) is 19.2 Å². The molecule has 2 atom stereocenters. The van der Waals surface area contributed by atoms with Crippen molar-refractivity contribution in [3.63, 3.8) is 0 Å². The number of carbonyl (C=O) groups is 1. The molecule has 2 aromatic rings. The summed E-state index contributed by atoms with van der Waals surface area (Å²) in [5.74, 6) is 2.14. The number of fused-ring (bicyclic) bond motifs is 1. The van der Waals surface area contributed by atoms with Gasteiger partial charge >= 0.3 is 6.09 Å². The zero-order valence-corrected chi connectivity index (χ0v) is 19.2. The van der Waals surface area contributed by atoms with Crippen molar-refractivity contribution >= 4 is 6.09 Å². The van der Waals surface area contributed by atoms with Crippen LogP contribution in [0.3, 0.4) is 0 Å². The van der Waals surface area contributed by atoms with Crippen LogP contribution in [0.1, 0.15) is 19.3 Å². The fourth-order valence-electron chi connectivity index (χ4n) is 4.86. The van der Waals surface area contributed by atoms with Crippen LogP contribution in [0.15, 0.2) is 48.5 Å². The van der Waals surface area contributed by atoms with Crippen LogP contribution < -0.4 is 14.2 Å². The van der Waals surface area contributed by atoms with Crippen LogP contribution in [0.5, 0.6) is 17.2 Å². The van der Waals surface area contributed by atoms with Crippen LogP contribution >= 0.6 is 0 Å². The van der Waals surface area contributed by atoms with Crippen molar-refractivity contribution in [1.82, 2.24) is 9.80 Å². The molecule has 2 saturated heterocycles. The zero-order chi connectivity index (χ0) is 23.3. The molecule has 0 radical (unpaired) electrons. The van der Waals surface area contributed by atoms with Gasteiger partial charge in [0.25, 0.3) is 0 Å². The number of benzene rings is 2. The maximum Gasteiger partial charge on any atom is 0.410 e. The Labute approximate surface area is 199 Å². The zero-order valence-electron chi connectivity index (χ0n) is 19.2. The molecule has 3 aliphatic heterocycles. The molecule has 3 aliphatic rings. The molecule has 7 nitrogen and oxygen atoms in total. The van der Waals surface area contributed by atoms with Crippen molar-refractivity contribution < 1.29 is 28.1 Å². The van der Waals surface area contributed by atoms with E-state index in [9.17, 15) is 9.18 Å². The average molecular weight is 471 g/mol. The molecule has 0 unspecified atom stereocenters. The number of ether oxygens (including phenoxy) is 4. The second-order valence-electron chi connectivity index (χ2n) is 9.22. The number of para-hydroxylation sites is 1. The van der Waals surface area contributed by atoms with E-state index in [1.807, 2.05) is 35.2 Å². The lowest BCUT2D eigenvalue weighted by Gasteiger charge is -2.36. The molecule has 3 heterocycles. The van der Waals surface area contributed by atoms with Crippen LogP contribution in [-0.4, -0.2) is 74.0 Å². The summed E-state index contributed by atoms with van der Waals surface area (Å²) in [6.45, 7) is 4.72. The Balaban J connectivity index is 1.04. The van der Waals surface area contributed by atoms with E-state index in [2.05, 4.69) is 4.90 Å². The summed E-state index contributed by atoms with van der Waals surface area (Å²) in [6.07, 6.45) is 2.84. The second kappa shape index (κ2) is 10.5. The van der Waals surface area contributed by atoms with E-state index in [-0.39, 0.29) is 24.1 Å². The molecule has 2 fully saturated rings. The number of piperidine rings is 1. The quantitative estimate of drug-likeness (QED) is 0.582. The lowest BCUT2D eigenvalue weighted by Crippen LogP contribution is -2.44. The van der Waals surface area contributed by atoms with E-state index in [1.165, 1.54) is 12.1 Å². The molecule has 0 bridgehead atoms.